The van der Waals surface area contributed by atoms with Crippen LogP contribution in [0.5, 0.6) is 0 Å². The van der Waals surface area contributed by atoms with Crippen LogP contribution >= 0.6 is 0 Å². The molecule has 0 aliphatic heterocycles. The van der Waals surface area contributed by atoms with Crippen LogP contribution in [-0.4, -0.2) is 24.7 Å². The third-order valence-corrected chi connectivity index (χ3v) is 3.78. The van der Waals surface area contributed by atoms with Crippen molar-refractivity contribution in [3.05, 3.63) is 47.2 Å². The van der Waals surface area contributed by atoms with Crippen molar-refractivity contribution >= 4 is 17.5 Å². The Morgan fingerprint density at radius 3 is 2.46 bits per heavy atom. The van der Waals surface area contributed by atoms with Gasteiger partial charge in [-0.3, -0.25) is 4.98 Å². The Bertz CT molecular complexity index is 940. The number of hydrogen-bond donors (Lipinski definition) is 2. The number of alkyl halides is 3. The summed E-state index contributed by atoms with van der Waals surface area (Å²) in [5.74, 6) is -0.648. The molecule has 3 aromatic rings. The quantitative estimate of drug-likeness (QED) is 0.741. The molecular formula is C16H16F3N7. The molecule has 7 nitrogen and oxygen atoms in total. The zero-order valence-electron chi connectivity index (χ0n) is 14.3. The minimum Gasteiger partial charge on any atom is -0.383 e. The van der Waals surface area contributed by atoms with Crippen molar-refractivity contribution < 1.29 is 13.2 Å². The van der Waals surface area contributed by atoms with Gasteiger partial charge in [-0.1, -0.05) is 0 Å². The number of halogens is 3. The second-order valence-corrected chi connectivity index (χ2v) is 5.75. The summed E-state index contributed by atoms with van der Waals surface area (Å²) in [6.07, 6.45) is 0.453. The normalized spacial score (nSPS) is 11.6. The minimum absolute atomic E-state index is 0.0258. The fourth-order valence-electron chi connectivity index (χ4n) is 2.55. The lowest BCUT2D eigenvalue weighted by Gasteiger charge is -2.13. The molecule has 0 saturated carbocycles. The number of nitrogens with two attached hydrogens (primary N) is 1. The average Bonchev–Trinajstić information content (AvgIpc) is 2.86. The molecule has 26 heavy (non-hydrogen) atoms. The first-order chi connectivity index (χ1) is 12.2. The molecule has 10 heteroatoms. The van der Waals surface area contributed by atoms with E-state index < -0.39 is 17.6 Å². The Labute approximate surface area is 147 Å². The SMILES string of the molecule is Cc1cnccc1-n1cc(Nc2nc(C)c(C(F)(F)F)c(N)n2)c(C)n1. The third-order valence-electron chi connectivity index (χ3n) is 3.78. The Hall–Kier alpha value is -3.17. The molecule has 0 aromatic carbocycles. The van der Waals surface area contributed by atoms with Gasteiger partial charge in [0.2, 0.25) is 5.95 Å². The molecule has 0 atom stereocenters. The molecule has 3 heterocycles. The molecule has 0 aliphatic carbocycles. The van der Waals surface area contributed by atoms with Crippen molar-refractivity contribution in [2.24, 2.45) is 0 Å². The fraction of sp³-hybridized carbons (Fsp3) is 0.250. The molecule has 0 fully saturated rings. The number of nitrogens with one attached hydrogen (secondary N) is 1. The van der Waals surface area contributed by atoms with E-state index in [4.69, 9.17) is 5.73 Å². The maximum atomic E-state index is 13.0. The molecule has 3 aromatic heterocycles. The summed E-state index contributed by atoms with van der Waals surface area (Å²) < 4.78 is 40.5. The number of nitrogens with zero attached hydrogens (tertiary/aromatic N) is 5. The molecular weight excluding hydrogens is 347 g/mol. The van der Waals surface area contributed by atoms with Crippen molar-refractivity contribution in [1.29, 1.82) is 0 Å². The maximum Gasteiger partial charge on any atom is 0.421 e. The lowest BCUT2D eigenvalue weighted by Crippen LogP contribution is -2.15. The predicted octanol–water partition coefficient (Wildman–Crippen LogP) is 3.33. The van der Waals surface area contributed by atoms with Gasteiger partial charge < -0.3 is 11.1 Å². The Kier molecular flexibility index (Phi) is 4.26. The number of anilines is 3. The first-order valence-electron chi connectivity index (χ1n) is 7.62. The van der Waals surface area contributed by atoms with Gasteiger partial charge in [-0.25, -0.2) is 9.67 Å². The molecule has 3 rings (SSSR count). The van der Waals surface area contributed by atoms with Gasteiger partial charge in [-0.15, -0.1) is 0 Å². The van der Waals surface area contributed by atoms with E-state index in [1.54, 1.807) is 30.2 Å². The predicted molar refractivity (Wildman–Crippen MR) is 90.3 cm³/mol. The summed E-state index contributed by atoms with van der Waals surface area (Å²) >= 11 is 0. The summed E-state index contributed by atoms with van der Waals surface area (Å²) in [5.41, 5.74) is 7.14. The Balaban J connectivity index is 1.95. The lowest BCUT2D eigenvalue weighted by atomic mass is 10.2. The number of pyridine rings is 1. The number of rotatable bonds is 3. The van der Waals surface area contributed by atoms with E-state index in [0.29, 0.717) is 11.4 Å². The van der Waals surface area contributed by atoms with Gasteiger partial charge in [0.05, 0.1) is 29.0 Å². The second-order valence-electron chi connectivity index (χ2n) is 5.75. The highest BCUT2D eigenvalue weighted by atomic mass is 19.4. The summed E-state index contributed by atoms with van der Waals surface area (Å²) in [6.45, 7) is 4.90. The van der Waals surface area contributed by atoms with Gasteiger partial charge in [-0.2, -0.15) is 23.3 Å². The first-order valence-corrected chi connectivity index (χ1v) is 7.62. The van der Waals surface area contributed by atoms with E-state index in [0.717, 1.165) is 11.3 Å². The van der Waals surface area contributed by atoms with Crippen LogP contribution in [0.15, 0.2) is 24.7 Å². The molecule has 0 radical (unpaired) electrons. The van der Waals surface area contributed by atoms with Crippen LogP contribution in [-0.2, 0) is 6.18 Å². The van der Waals surface area contributed by atoms with Crippen LogP contribution in [0.2, 0.25) is 0 Å². The van der Waals surface area contributed by atoms with Crippen molar-refractivity contribution in [2.45, 2.75) is 26.9 Å². The van der Waals surface area contributed by atoms with E-state index in [9.17, 15) is 13.2 Å². The second kappa shape index (κ2) is 6.28. The van der Waals surface area contributed by atoms with Gasteiger partial charge in [0, 0.05) is 12.4 Å². The van der Waals surface area contributed by atoms with E-state index in [-0.39, 0.29) is 11.6 Å². The zero-order valence-corrected chi connectivity index (χ0v) is 14.3. The monoisotopic (exact) mass is 363 g/mol. The van der Waals surface area contributed by atoms with Crippen molar-refractivity contribution in [3.8, 4) is 5.69 Å². The van der Waals surface area contributed by atoms with Crippen LogP contribution in [0.3, 0.4) is 0 Å². The summed E-state index contributed by atoms with van der Waals surface area (Å²) in [5, 5.41) is 7.27. The highest BCUT2D eigenvalue weighted by molar-refractivity contribution is 5.59. The number of nitrogen functional groups attached to an aromatic ring is 1. The molecule has 3 N–H and O–H groups in total. The van der Waals surface area contributed by atoms with E-state index in [2.05, 4.69) is 25.4 Å². The van der Waals surface area contributed by atoms with Crippen LogP contribution < -0.4 is 11.1 Å². The minimum atomic E-state index is -4.60. The van der Waals surface area contributed by atoms with E-state index in [1.165, 1.54) is 6.92 Å². The summed E-state index contributed by atoms with van der Waals surface area (Å²) in [6, 6.07) is 1.81. The van der Waals surface area contributed by atoms with Crippen LogP contribution in [0.4, 0.5) is 30.6 Å². The smallest absolute Gasteiger partial charge is 0.383 e. The van der Waals surface area contributed by atoms with Gasteiger partial charge in [0.25, 0.3) is 0 Å². The highest BCUT2D eigenvalue weighted by Crippen LogP contribution is 2.35. The van der Waals surface area contributed by atoms with Crippen LogP contribution in [0.25, 0.3) is 5.69 Å². The van der Waals surface area contributed by atoms with Crippen molar-refractivity contribution in [3.63, 3.8) is 0 Å². The lowest BCUT2D eigenvalue weighted by molar-refractivity contribution is -0.137. The van der Waals surface area contributed by atoms with Gasteiger partial charge in [0.15, 0.2) is 0 Å². The first kappa shape index (κ1) is 17.6. The highest BCUT2D eigenvalue weighted by Gasteiger charge is 2.36. The fourth-order valence-corrected chi connectivity index (χ4v) is 2.55. The van der Waals surface area contributed by atoms with Gasteiger partial charge in [-0.05, 0) is 32.4 Å². The Morgan fingerprint density at radius 2 is 1.85 bits per heavy atom. The molecule has 0 amide bonds. The van der Waals surface area contributed by atoms with E-state index in [1.807, 2.05) is 13.0 Å². The third kappa shape index (κ3) is 3.30. The summed E-state index contributed by atoms with van der Waals surface area (Å²) in [7, 11) is 0. The maximum absolute atomic E-state index is 13.0. The summed E-state index contributed by atoms with van der Waals surface area (Å²) in [4.78, 5) is 11.6. The standard InChI is InChI=1S/C16H16F3N7/c1-8-6-21-5-4-12(8)26-7-11(9(2)25-26)23-15-22-10(3)13(14(20)24-15)16(17,18)19/h4-7H,1-3H3,(H3,20,22,23,24). The van der Waals surface area contributed by atoms with Gasteiger partial charge in [0.1, 0.15) is 11.4 Å². The van der Waals surface area contributed by atoms with Crippen LogP contribution in [0, 0.1) is 20.8 Å². The van der Waals surface area contributed by atoms with Crippen molar-refractivity contribution in [2.75, 3.05) is 11.1 Å². The zero-order chi connectivity index (χ0) is 19.1. The molecule has 0 spiro atoms. The molecule has 0 bridgehead atoms. The molecule has 0 unspecified atom stereocenters. The number of hydrogen-bond acceptors (Lipinski definition) is 6. The number of aromatic nitrogens is 5. The molecule has 0 saturated heterocycles. The Morgan fingerprint density at radius 1 is 1.12 bits per heavy atom. The average molecular weight is 363 g/mol. The van der Waals surface area contributed by atoms with Crippen molar-refractivity contribution in [1.82, 2.24) is 24.7 Å². The van der Waals surface area contributed by atoms with Gasteiger partial charge >= 0.3 is 6.18 Å². The molecule has 0 aliphatic rings. The topological polar surface area (TPSA) is 94.5 Å². The number of aryl methyl sites for hydroxylation is 3. The van der Waals surface area contributed by atoms with Crippen LogP contribution in [0.1, 0.15) is 22.5 Å². The largest absolute Gasteiger partial charge is 0.421 e. The molecule has 136 valence electrons. The van der Waals surface area contributed by atoms with E-state index >= 15 is 0 Å².